The van der Waals surface area contributed by atoms with Crippen LogP contribution in [-0.2, 0) is 21.7 Å². The van der Waals surface area contributed by atoms with E-state index in [4.69, 9.17) is 0 Å². The van der Waals surface area contributed by atoms with E-state index in [-0.39, 0.29) is 16.2 Å². The van der Waals surface area contributed by atoms with Gasteiger partial charge in [-0.05, 0) is 183 Å². The van der Waals surface area contributed by atoms with Gasteiger partial charge < -0.3 is 4.90 Å². The Balaban J connectivity index is 0.941. The Morgan fingerprint density at radius 1 is 0.390 bits per heavy atom. The molecule has 0 saturated carbocycles. The first-order valence-electron chi connectivity index (χ1n) is 27.9. The lowest BCUT2D eigenvalue weighted by atomic mass is 9.68. The van der Waals surface area contributed by atoms with E-state index in [0.717, 1.165) is 29.9 Å². The second-order valence-electron chi connectivity index (χ2n) is 24.8. The minimum Gasteiger partial charge on any atom is -0.310 e. The highest BCUT2D eigenvalue weighted by molar-refractivity contribution is 5.99. The summed E-state index contributed by atoms with van der Waals surface area (Å²) in [4.78, 5) is 2.50. The third kappa shape index (κ3) is 7.19. The van der Waals surface area contributed by atoms with E-state index in [9.17, 15) is 0 Å². The van der Waals surface area contributed by atoms with E-state index < -0.39 is 5.41 Å². The van der Waals surface area contributed by atoms with Crippen LogP contribution in [-0.4, -0.2) is 0 Å². The molecule has 0 bridgehead atoms. The lowest BCUT2D eigenvalue weighted by Crippen LogP contribution is -2.27. The van der Waals surface area contributed by atoms with Crippen molar-refractivity contribution < 1.29 is 0 Å². The summed E-state index contributed by atoms with van der Waals surface area (Å²) < 4.78 is 0. The van der Waals surface area contributed by atoms with Crippen molar-refractivity contribution >= 4 is 33.4 Å². The molecule has 0 unspecified atom stereocenters. The maximum Gasteiger partial charge on any atom is 0.0725 e. The third-order valence-electron chi connectivity index (χ3n) is 17.9. The quantitative estimate of drug-likeness (QED) is 0.160. The van der Waals surface area contributed by atoms with Crippen molar-refractivity contribution in [3.63, 3.8) is 0 Å². The number of benzene rings is 10. The Bertz CT molecular complexity index is 4080. The normalized spacial score (nSPS) is 15.3. The average Bonchev–Trinajstić information content (AvgIpc) is 4.05. The van der Waals surface area contributed by atoms with Gasteiger partial charge in [0.05, 0.1) is 11.1 Å². The van der Waals surface area contributed by atoms with Gasteiger partial charge in [0, 0.05) is 22.4 Å². The molecule has 0 amide bonds. The van der Waals surface area contributed by atoms with Gasteiger partial charge in [-0.25, -0.2) is 0 Å². The van der Waals surface area contributed by atoms with Crippen LogP contribution in [0.4, 0.5) is 17.1 Å². The van der Waals surface area contributed by atoms with Crippen molar-refractivity contribution in [1.29, 1.82) is 0 Å². The van der Waals surface area contributed by atoms with Crippen LogP contribution in [0.3, 0.4) is 0 Å². The molecule has 1 nitrogen and oxygen atoms in total. The second-order valence-corrected chi connectivity index (χ2v) is 24.8. The van der Waals surface area contributed by atoms with Crippen LogP contribution in [0.2, 0.25) is 0 Å². The van der Waals surface area contributed by atoms with Crippen LogP contribution in [0.1, 0.15) is 113 Å². The van der Waals surface area contributed by atoms with E-state index >= 15 is 0 Å². The van der Waals surface area contributed by atoms with Gasteiger partial charge in [-0.3, -0.25) is 0 Å². The fourth-order valence-electron chi connectivity index (χ4n) is 13.9. The number of allylic oxidation sites excluding steroid dienone is 4. The molecule has 0 radical (unpaired) electrons. The molecule has 1 heteroatoms. The van der Waals surface area contributed by atoms with E-state index in [1.807, 2.05) is 0 Å². The third-order valence-corrected chi connectivity index (χ3v) is 17.9. The van der Waals surface area contributed by atoms with Gasteiger partial charge in [-0.1, -0.05) is 237 Å². The molecule has 0 heterocycles. The Morgan fingerprint density at radius 2 is 0.935 bits per heavy atom. The standard InChI is InChI=1S/C76H65N/c1-73(2,3)54-36-41-60-61-42-37-55(74(4,5)6)47-70(61)76(69(60)46-54)66-28-15-11-23-58(66)59-40-35-53(45-68(59)76)49-33-38-56(39-34-49)77(57-22-17-21-51(44-57)52-32-31-48-19-9-10-20-50(48)43-52)71-30-16-13-24-62(71)63-26-18-29-67-72(63)64-25-12-14-27-65(64)75(67,7)8/h9-11,13-24,26-47H,12,25H2,1-8H3. The number of nitrogens with zero attached hydrogens (tertiary/aromatic N) is 1. The molecule has 10 aromatic rings. The maximum atomic E-state index is 2.55. The molecule has 0 aliphatic heterocycles. The van der Waals surface area contributed by atoms with Crippen LogP contribution >= 0.6 is 0 Å². The van der Waals surface area contributed by atoms with E-state index in [0.29, 0.717) is 0 Å². The minimum absolute atomic E-state index is 0.00954. The highest BCUT2D eigenvalue weighted by atomic mass is 15.1. The first-order chi connectivity index (χ1) is 37.2. The number of para-hydroxylation sites is 1. The molecule has 10 aromatic carbocycles. The number of hydrogen-bond donors (Lipinski definition) is 0. The minimum atomic E-state index is -0.469. The average molecular weight is 992 g/mol. The molecule has 0 aromatic heterocycles. The maximum absolute atomic E-state index is 2.55. The molecular weight excluding hydrogens is 927 g/mol. The summed E-state index contributed by atoms with van der Waals surface area (Å²) in [6, 6.07) is 81.4. The van der Waals surface area contributed by atoms with Gasteiger partial charge in [-0.15, -0.1) is 0 Å². The highest BCUT2D eigenvalue weighted by Gasteiger charge is 2.52. The smallest absolute Gasteiger partial charge is 0.0725 e. The molecule has 0 N–H and O–H groups in total. The van der Waals surface area contributed by atoms with E-state index in [2.05, 4.69) is 285 Å². The topological polar surface area (TPSA) is 3.24 Å². The Morgan fingerprint density at radius 3 is 1.66 bits per heavy atom. The van der Waals surface area contributed by atoms with Gasteiger partial charge in [0.1, 0.15) is 0 Å². The van der Waals surface area contributed by atoms with Crippen molar-refractivity contribution in [1.82, 2.24) is 0 Å². The SMILES string of the molecule is CC(C)(C)c1ccc2c(c1)C1(c3ccccc3-c3ccc(-c4ccc(N(c5cccc(-c6ccc7ccccc7c6)c5)c5ccccc5-c5cccc6c5C5=C(C=CCC5)C6(C)C)cc4)cc31)c1cc(C(C)(C)C)ccc1-2. The summed E-state index contributed by atoms with van der Waals surface area (Å²) >= 11 is 0. The van der Waals surface area contributed by atoms with Crippen molar-refractivity contribution in [3.8, 4) is 55.6 Å². The Labute approximate surface area is 455 Å². The van der Waals surface area contributed by atoms with E-state index in [1.54, 1.807) is 0 Å². The first kappa shape index (κ1) is 47.2. The van der Waals surface area contributed by atoms with Crippen molar-refractivity contribution in [2.75, 3.05) is 4.90 Å². The second kappa shape index (κ2) is 17.1. The highest BCUT2D eigenvalue weighted by Crippen LogP contribution is 2.64. The summed E-state index contributed by atoms with van der Waals surface area (Å²) in [5.74, 6) is 0. The van der Waals surface area contributed by atoms with Gasteiger partial charge in [-0.2, -0.15) is 0 Å². The lowest BCUT2D eigenvalue weighted by Gasteiger charge is -2.33. The molecule has 4 aliphatic rings. The molecule has 0 saturated heterocycles. The summed E-state index contributed by atoms with van der Waals surface area (Å²) in [6.45, 7) is 18.9. The molecule has 77 heavy (non-hydrogen) atoms. The fourth-order valence-corrected chi connectivity index (χ4v) is 13.9. The van der Waals surface area contributed by atoms with Gasteiger partial charge in [0.15, 0.2) is 0 Å². The predicted octanol–water partition coefficient (Wildman–Crippen LogP) is 20.6. The van der Waals surface area contributed by atoms with Crippen LogP contribution in [0.5, 0.6) is 0 Å². The summed E-state index contributed by atoms with van der Waals surface area (Å²) in [6.07, 6.45) is 6.90. The Kier molecular flexibility index (Phi) is 10.5. The van der Waals surface area contributed by atoms with Crippen LogP contribution in [0, 0.1) is 0 Å². The van der Waals surface area contributed by atoms with Crippen molar-refractivity contribution in [2.24, 2.45) is 0 Å². The summed E-state index contributed by atoms with van der Waals surface area (Å²) in [5, 5.41) is 2.49. The van der Waals surface area contributed by atoms with Crippen molar-refractivity contribution in [3.05, 3.63) is 275 Å². The zero-order valence-electron chi connectivity index (χ0n) is 45.7. The van der Waals surface area contributed by atoms with Crippen molar-refractivity contribution in [2.45, 2.75) is 89.9 Å². The first-order valence-corrected chi connectivity index (χ1v) is 27.9. The predicted molar refractivity (Wildman–Crippen MR) is 327 cm³/mol. The van der Waals surface area contributed by atoms with Crippen LogP contribution < -0.4 is 4.90 Å². The molecule has 0 fully saturated rings. The van der Waals surface area contributed by atoms with Gasteiger partial charge in [0.2, 0.25) is 0 Å². The fraction of sp³-hybridized carbons (Fsp3) is 0.184. The molecular formula is C76H65N. The number of rotatable bonds is 6. The number of hydrogen-bond acceptors (Lipinski definition) is 1. The summed E-state index contributed by atoms with van der Waals surface area (Å²) in [5.41, 5.74) is 29.5. The molecule has 14 rings (SSSR count). The summed E-state index contributed by atoms with van der Waals surface area (Å²) in [7, 11) is 0. The number of anilines is 3. The van der Waals surface area contributed by atoms with Crippen LogP contribution in [0.15, 0.2) is 230 Å². The van der Waals surface area contributed by atoms with Gasteiger partial charge in [0.25, 0.3) is 0 Å². The molecule has 0 atom stereocenters. The zero-order valence-corrected chi connectivity index (χ0v) is 45.7. The zero-order chi connectivity index (χ0) is 52.6. The van der Waals surface area contributed by atoms with Crippen LogP contribution in [0.25, 0.3) is 72.0 Å². The monoisotopic (exact) mass is 992 g/mol. The lowest BCUT2D eigenvalue weighted by molar-refractivity contribution is 0.586. The molecule has 1 spiro atoms. The molecule has 374 valence electrons. The molecule has 4 aliphatic carbocycles. The Hall–Kier alpha value is -8.26. The number of fused-ring (bicyclic) bond motifs is 13. The van der Waals surface area contributed by atoms with E-state index in [1.165, 1.54) is 122 Å². The largest absolute Gasteiger partial charge is 0.310 e. The van der Waals surface area contributed by atoms with Gasteiger partial charge >= 0.3 is 0 Å².